The first-order valence-electron chi connectivity index (χ1n) is 4.94. The van der Waals surface area contributed by atoms with Crippen molar-refractivity contribution in [3.8, 4) is 0 Å². The number of ether oxygens (including phenoxy) is 1. The van der Waals surface area contributed by atoms with E-state index in [0.29, 0.717) is 23.7 Å². The lowest BCUT2D eigenvalue weighted by Crippen LogP contribution is -2.28. The molecule has 2 aliphatic rings. The normalized spacial score (nSPS) is 34.4. The Morgan fingerprint density at radius 2 is 2.41 bits per heavy atom. The molecule has 2 fully saturated rings. The van der Waals surface area contributed by atoms with Crippen molar-refractivity contribution < 1.29 is 9.30 Å². The van der Waals surface area contributed by atoms with Crippen LogP contribution in [0.4, 0.5) is 5.95 Å². The highest BCUT2D eigenvalue weighted by Crippen LogP contribution is 2.86. The van der Waals surface area contributed by atoms with Gasteiger partial charge in [0.2, 0.25) is 11.4 Å². The van der Waals surface area contributed by atoms with Crippen LogP contribution in [0, 0.1) is 0 Å². The van der Waals surface area contributed by atoms with Gasteiger partial charge < -0.3 is 15.0 Å². The summed E-state index contributed by atoms with van der Waals surface area (Å²) in [6.07, 6.45) is 2.40. The van der Waals surface area contributed by atoms with Gasteiger partial charge in [-0.15, -0.1) is 0 Å². The Bertz CT molecular complexity index is 715. The van der Waals surface area contributed by atoms with Gasteiger partial charge in [-0.25, -0.2) is 4.98 Å². The minimum Gasteiger partial charge on any atom is -0.368 e. The van der Waals surface area contributed by atoms with E-state index in [-0.39, 0.29) is 11.1 Å². The third-order valence-corrected chi connectivity index (χ3v) is 6.39. The summed E-state index contributed by atoms with van der Waals surface area (Å²) in [5.74, 6) is 0.0652. The zero-order valence-electron chi connectivity index (χ0n) is 8.50. The number of rotatable bonds is 1. The van der Waals surface area contributed by atoms with Gasteiger partial charge in [0, 0.05) is 0 Å². The summed E-state index contributed by atoms with van der Waals surface area (Å²) in [7, 11) is -2.20. The van der Waals surface area contributed by atoms with Crippen molar-refractivity contribution in [2.75, 3.05) is 18.2 Å². The van der Waals surface area contributed by atoms with E-state index in [1.165, 1.54) is 6.33 Å². The van der Waals surface area contributed by atoms with Crippen LogP contribution in [0.3, 0.4) is 0 Å². The van der Waals surface area contributed by atoms with Gasteiger partial charge in [-0.05, 0) is 0 Å². The van der Waals surface area contributed by atoms with Gasteiger partial charge in [0.1, 0.15) is 11.9 Å². The number of anilines is 1. The second kappa shape index (κ2) is 2.63. The number of nitrogen functional groups attached to an aromatic ring is 1. The Balaban J connectivity index is 2.02. The number of hydrogen-bond acceptors (Lipinski definition) is 6. The van der Waals surface area contributed by atoms with Crippen LogP contribution in [0.2, 0.25) is 5.15 Å². The SMILES string of the molecule is Nc1nc(Cl)c2ncn(C34CP3(=O)CO4)c2n1. The fourth-order valence-electron chi connectivity index (χ4n) is 2.23. The largest absolute Gasteiger partial charge is 0.368 e. The van der Waals surface area contributed by atoms with Crippen molar-refractivity contribution in [1.29, 1.82) is 0 Å². The average molecular weight is 272 g/mol. The van der Waals surface area contributed by atoms with Gasteiger partial charge in [-0.3, -0.25) is 4.57 Å². The van der Waals surface area contributed by atoms with Crippen LogP contribution in [0.5, 0.6) is 0 Å². The molecule has 0 aromatic carbocycles. The van der Waals surface area contributed by atoms with Gasteiger partial charge in [0.25, 0.3) is 0 Å². The molecule has 2 aromatic rings. The smallest absolute Gasteiger partial charge is 0.223 e. The molecule has 0 saturated carbocycles. The molecular formula is C8H7ClN5O2P. The first-order chi connectivity index (χ1) is 8.06. The highest BCUT2D eigenvalue weighted by molar-refractivity contribution is 7.73. The van der Waals surface area contributed by atoms with Crippen molar-refractivity contribution in [1.82, 2.24) is 19.5 Å². The average Bonchev–Trinajstić information content (AvgIpc) is 2.66. The zero-order chi connectivity index (χ0) is 11.8. The maximum Gasteiger partial charge on any atom is 0.223 e. The quantitative estimate of drug-likeness (QED) is 0.615. The first kappa shape index (κ1) is 9.82. The zero-order valence-corrected chi connectivity index (χ0v) is 10.1. The summed E-state index contributed by atoms with van der Waals surface area (Å²) in [5, 5.41) is 0.192. The monoisotopic (exact) mass is 271 g/mol. The molecule has 0 spiro atoms. The Labute approximate surface area is 100 Å². The van der Waals surface area contributed by atoms with Crippen LogP contribution < -0.4 is 5.73 Å². The highest BCUT2D eigenvalue weighted by Gasteiger charge is 2.76. The third-order valence-electron chi connectivity index (χ3n) is 3.25. The van der Waals surface area contributed by atoms with E-state index in [1.54, 1.807) is 4.57 Å². The van der Waals surface area contributed by atoms with E-state index in [0.717, 1.165) is 0 Å². The number of aromatic nitrogens is 4. The molecule has 0 amide bonds. The number of hydrogen-bond donors (Lipinski definition) is 1. The Morgan fingerprint density at radius 1 is 1.59 bits per heavy atom. The fraction of sp³-hybridized carbons (Fsp3) is 0.375. The highest BCUT2D eigenvalue weighted by atomic mass is 35.5. The molecule has 7 nitrogen and oxygen atoms in total. The molecule has 0 radical (unpaired) electrons. The molecule has 0 bridgehead atoms. The predicted molar refractivity (Wildman–Crippen MR) is 61.1 cm³/mol. The molecular weight excluding hydrogens is 265 g/mol. The number of nitrogens with two attached hydrogens (primary N) is 1. The van der Waals surface area contributed by atoms with Gasteiger partial charge in [-0.1, -0.05) is 11.6 Å². The second-order valence-electron chi connectivity index (χ2n) is 4.22. The molecule has 2 unspecified atom stereocenters. The number of nitrogens with zero attached hydrogens (tertiary/aromatic N) is 4. The van der Waals surface area contributed by atoms with Crippen LogP contribution >= 0.6 is 18.7 Å². The topological polar surface area (TPSA) is 95.9 Å². The first-order valence-corrected chi connectivity index (χ1v) is 7.40. The van der Waals surface area contributed by atoms with E-state index < -0.39 is 12.6 Å². The Morgan fingerprint density at radius 3 is 3.00 bits per heavy atom. The van der Waals surface area contributed by atoms with Crippen LogP contribution in [0.15, 0.2) is 6.33 Å². The van der Waals surface area contributed by atoms with E-state index in [1.807, 2.05) is 0 Å². The molecule has 88 valence electrons. The van der Waals surface area contributed by atoms with Crippen LogP contribution in [-0.2, 0) is 14.8 Å². The summed E-state index contributed by atoms with van der Waals surface area (Å²) in [6.45, 7) is 0. The minimum absolute atomic E-state index is 0.0652. The molecule has 2 aliphatic heterocycles. The lowest BCUT2D eigenvalue weighted by atomic mass is 10.5. The molecule has 4 rings (SSSR count). The Hall–Kier alpha value is -1.17. The molecule has 2 N–H and O–H groups in total. The van der Waals surface area contributed by atoms with Gasteiger partial charge in [0.05, 0.1) is 12.5 Å². The summed E-state index contributed by atoms with van der Waals surface area (Å²) < 4.78 is 19.2. The molecule has 2 saturated heterocycles. The molecule has 0 aliphatic carbocycles. The number of imidazole rings is 1. The predicted octanol–water partition coefficient (Wildman–Crippen LogP) is 1.04. The van der Waals surface area contributed by atoms with Crippen molar-refractivity contribution >= 4 is 35.9 Å². The molecule has 2 aromatic heterocycles. The summed E-state index contributed by atoms with van der Waals surface area (Å²) >= 11 is 5.92. The molecule has 4 heterocycles. The second-order valence-corrected chi connectivity index (χ2v) is 7.63. The standard InChI is InChI=1S/C8H7ClN5O2P/c9-5-4-6(13-7(10)12-5)14(2-11-4)8-1-17(8,15)3-16-8/h2H,1,3H2,(H2,10,12,13). The van der Waals surface area contributed by atoms with Crippen LogP contribution in [0.25, 0.3) is 11.2 Å². The van der Waals surface area contributed by atoms with Gasteiger partial charge in [-0.2, -0.15) is 9.97 Å². The van der Waals surface area contributed by atoms with Crippen molar-refractivity contribution in [2.24, 2.45) is 0 Å². The van der Waals surface area contributed by atoms with E-state index in [2.05, 4.69) is 15.0 Å². The Kier molecular flexibility index (Phi) is 1.52. The number of fused-ring (bicyclic) bond motifs is 2. The van der Waals surface area contributed by atoms with Gasteiger partial charge >= 0.3 is 0 Å². The molecule has 2 atom stereocenters. The minimum atomic E-state index is -2.20. The molecule has 9 heteroatoms. The molecule has 17 heavy (non-hydrogen) atoms. The van der Waals surface area contributed by atoms with Crippen molar-refractivity contribution in [2.45, 2.75) is 5.47 Å². The maximum atomic E-state index is 12.1. The van der Waals surface area contributed by atoms with E-state index >= 15 is 0 Å². The summed E-state index contributed by atoms with van der Waals surface area (Å²) in [6, 6.07) is 0. The van der Waals surface area contributed by atoms with E-state index in [4.69, 9.17) is 22.1 Å². The van der Waals surface area contributed by atoms with Crippen LogP contribution in [-0.4, -0.2) is 32.0 Å². The fourth-order valence-corrected chi connectivity index (χ4v) is 5.10. The summed E-state index contributed by atoms with van der Waals surface area (Å²) in [5.41, 5.74) is 5.73. The van der Waals surface area contributed by atoms with Crippen LogP contribution in [0.1, 0.15) is 0 Å². The van der Waals surface area contributed by atoms with Gasteiger partial charge in [0.15, 0.2) is 17.9 Å². The van der Waals surface area contributed by atoms with Crippen molar-refractivity contribution in [3.63, 3.8) is 0 Å². The maximum absolute atomic E-state index is 12.1. The summed E-state index contributed by atoms with van der Waals surface area (Å²) in [4.78, 5) is 12.0. The number of halogens is 1. The third kappa shape index (κ3) is 0.983. The lowest BCUT2D eigenvalue weighted by molar-refractivity contribution is 0.00813. The van der Waals surface area contributed by atoms with Crippen molar-refractivity contribution in [3.05, 3.63) is 11.5 Å². The lowest BCUT2D eigenvalue weighted by Gasteiger charge is -2.26. The van der Waals surface area contributed by atoms with E-state index in [9.17, 15) is 4.57 Å².